The van der Waals surface area contributed by atoms with Crippen LogP contribution in [0, 0.1) is 0 Å². The number of Topliss-reactive ketones (excluding diaryl/α,β-unsaturated/α-hetero) is 1. The van der Waals surface area contributed by atoms with Crippen LogP contribution in [-0.4, -0.2) is 66.3 Å². The molecule has 33 heavy (non-hydrogen) atoms. The van der Waals surface area contributed by atoms with Gasteiger partial charge in [-0.05, 0) is 25.7 Å². The standard InChI is InChI=1S/C21H30N4O7S/c26-13(6-2-1-3-8-17(29)30)7-4-5-11-21(18-14(12-33-21)22-20(32)23-18)19(31)24-25-15(27)9-10-16(25)28/h9-10,14,18,27-28H,1-8,11-12H2,(H,24,31)(H,29,30)(H2,22,23,32)/t14-,18-,21-/m0/s1. The number of rotatable bonds is 13. The number of carboxylic acid groups (broad SMARTS) is 1. The maximum atomic E-state index is 13.3. The first kappa shape index (κ1) is 24.7. The summed E-state index contributed by atoms with van der Waals surface area (Å²) >= 11 is 1.41. The summed E-state index contributed by atoms with van der Waals surface area (Å²) in [5, 5.41) is 34.0. The maximum Gasteiger partial charge on any atom is 0.315 e. The molecule has 3 heterocycles. The zero-order chi connectivity index (χ0) is 24.0. The van der Waals surface area contributed by atoms with E-state index in [1.165, 1.54) is 23.9 Å². The van der Waals surface area contributed by atoms with Crippen LogP contribution in [0.4, 0.5) is 4.79 Å². The zero-order valence-corrected chi connectivity index (χ0v) is 19.0. The molecule has 0 aliphatic carbocycles. The molecule has 0 aromatic carbocycles. The molecule has 0 unspecified atom stereocenters. The number of urea groups is 1. The van der Waals surface area contributed by atoms with Crippen LogP contribution in [0.3, 0.4) is 0 Å². The summed E-state index contributed by atoms with van der Waals surface area (Å²) in [6, 6.07) is 1.48. The number of hydrogen-bond donors (Lipinski definition) is 6. The van der Waals surface area contributed by atoms with Crippen LogP contribution in [0.25, 0.3) is 0 Å². The Morgan fingerprint density at radius 3 is 2.33 bits per heavy atom. The predicted octanol–water partition coefficient (Wildman–Crippen LogP) is 1.67. The highest BCUT2D eigenvalue weighted by molar-refractivity contribution is 8.01. The number of aromatic nitrogens is 1. The van der Waals surface area contributed by atoms with Gasteiger partial charge in [-0.1, -0.05) is 12.8 Å². The molecule has 1 aromatic rings. The van der Waals surface area contributed by atoms with Gasteiger partial charge in [-0.3, -0.25) is 19.8 Å². The Morgan fingerprint density at radius 2 is 1.67 bits per heavy atom. The monoisotopic (exact) mass is 482 g/mol. The summed E-state index contributed by atoms with van der Waals surface area (Å²) < 4.78 is -0.136. The molecular formula is C21H30N4O7S. The number of fused-ring (bicyclic) bond motifs is 1. The van der Waals surface area contributed by atoms with Gasteiger partial charge in [0, 0.05) is 37.1 Å². The van der Waals surface area contributed by atoms with Gasteiger partial charge in [-0.15, -0.1) is 11.8 Å². The summed E-state index contributed by atoms with van der Waals surface area (Å²) in [6.45, 7) is 0. The Bertz CT molecular complexity index is 886. The molecule has 11 nitrogen and oxygen atoms in total. The third-order valence-corrected chi connectivity index (χ3v) is 7.75. The van der Waals surface area contributed by atoms with E-state index in [4.69, 9.17) is 5.11 Å². The number of aliphatic carboxylic acids is 1. The molecule has 2 saturated heterocycles. The Hall–Kier alpha value is -2.89. The van der Waals surface area contributed by atoms with Gasteiger partial charge >= 0.3 is 12.0 Å². The second-order valence-electron chi connectivity index (χ2n) is 8.43. The average molecular weight is 483 g/mol. The first-order chi connectivity index (χ1) is 15.7. The molecule has 12 heteroatoms. The van der Waals surface area contributed by atoms with Crippen LogP contribution in [0.15, 0.2) is 12.1 Å². The number of ketones is 1. The van der Waals surface area contributed by atoms with Gasteiger partial charge in [0.25, 0.3) is 5.91 Å². The molecule has 0 saturated carbocycles. The number of carboxylic acids is 1. The molecule has 2 aliphatic heterocycles. The van der Waals surface area contributed by atoms with Crippen molar-refractivity contribution in [2.45, 2.75) is 74.6 Å². The lowest BCUT2D eigenvalue weighted by molar-refractivity contribution is -0.137. The van der Waals surface area contributed by atoms with Crippen molar-refractivity contribution in [3.05, 3.63) is 12.1 Å². The van der Waals surface area contributed by atoms with Crippen molar-refractivity contribution in [3.8, 4) is 11.8 Å². The minimum Gasteiger partial charge on any atom is -0.493 e. The van der Waals surface area contributed by atoms with Crippen LogP contribution in [0.2, 0.25) is 0 Å². The summed E-state index contributed by atoms with van der Waals surface area (Å²) in [5.41, 5.74) is 2.54. The summed E-state index contributed by atoms with van der Waals surface area (Å²) in [5.74, 6) is -1.27. The van der Waals surface area contributed by atoms with Crippen LogP contribution in [0.1, 0.15) is 57.8 Å². The van der Waals surface area contributed by atoms with Gasteiger partial charge in [0.1, 0.15) is 10.5 Å². The van der Waals surface area contributed by atoms with Crippen molar-refractivity contribution in [2.24, 2.45) is 0 Å². The SMILES string of the molecule is O=C(O)CCCCCC(=O)CCCC[C@]1(C(=O)Nn2c(O)ccc2O)SC[C@@H]2NC(=O)N[C@@H]21. The lowest BCUT2D eigenvalue weighted by Gasteiger charge is -2.32. The first-order valence-corrected chi connectivity index (χ1v) is 12.1. The molecule has 1 aromatic heterocycles. The molecule has 2 aliphatic rings. The highest BCUT2D eigenvalue weighted by Crippen LogP contribution is 2.44. The van der Waals surface area contributed by atoms with E-state index in [0.29, 0.717) is 57.1 Å². The minimum absolute atomic E-state index is 0.110. The summed E-state index contributed by atoms with van der Waals surface area (Å²) in [6.07, 6.45) is 4.40. The number of carbonyl (C=O) groups is 4. The van der Waals surface area contributed by atoms with Crippen LogP contribution in [0.5, 0.6) is 11.8 Å². The molecule has 3 amide bonds. The molecule has 0 radical (unpaired) electrons. The number of unbranched alkanes of at least 4 members (excludes halogenated alkanes) is 3. The molecule has 0 bridgehead atoms. The zero-order valence-electron chi connectivity index (χ0n) is 18.2. The second-order valence-corrected chi connectivity index (χ2v) is 9.78. The Kier molecular flexibility index (Phi) is 8.11. The van der Waals surface area contributed by atoms with Crippen molar-refractivity contribution >= 4 is 35.5 Å². The number of thioether (sulfide) groups is 1. The lowest BCUT2D eigenvalue weighted by atomic mass is 9.88. The third-order valence-electron chi connectivity index (χ3n) is 6.07. The van der Waals surface area contributed by atoms with E-state index in [2.05, 4.69) is 16.1 Å². The number of nitrogens with one attached hydrogen (secondary N) is 3. The van der Waals surface area contributed by atoms with E-state index in [0.717, 1.165) is 4.68 Å². The Labute approximate surface area is 195 Å². The van der Waals surface area contributed by atoms with Crippen LogP contribution >= 0.6 is 11.8 Å². The molecule has 3 rings (SSSR count). The highest BCUT2D eigenvalue weighted by atomic mass is 32.2. The molecular weight excluding hydrogens is 452 g/mol. The van der Waals surface area contributed by atoms with E-state index in [1.807, 2.05) is 0 Å². The number of amides is 3. The topological polar surface area (TPSA) is 170 Å². The smallest absolute Gasteiger partial charge is 0.315 e. The van der Waals surface area contributed by atoms with E-state index >= 15 is 0 Å². The van der Waals surface area contributed by atoms with E-state index < -0.39 is 22.7 Å². The summed E-state index contributed by atoms with van der Waals surface area (Å²) in [4.78, 5) is 47.8. The average Bonchev–Trinajstić information content (AvgIpc) is 3.40. The fraction of sp³-hybridized carbons (Fsp3) is 0.619. The van der Waals surface area contributed by atoms with Crippen molar-refractivity contribution in [2.75, 3.05) is 11.2 Å². The quantitative estimate of drug-likeness (QED) is 0.182. The fourth-order valence-corrected chi connectivity index (χ4v) is 5.95. The van der Waals surface area contributed by atoms with Gasteiger partial charge in [0.05, 0.1) is 12.1 Å². The molecule has 0 spiro atoms. The molecule has 6 N–H and O–H groups in total. The van der Waals surface area contributed by atoms with Crippen molar-refractivity contribution < 1.29 is 34.5 Å². The minimum atomic E-state index is -1.02. The molecule has 2 fully saturated rings. The number of nitrogens with zero attached hydrogens (tertiary/aromatic N) is 1. The number of aromatic hydroxyl groups is 2. The molecule has 3 atom stereocenters. The van der Waals surface area contributed by atoms with Gasteiger partial charge < -0.3 is 26.0 Å². The molecule has 182 valence electrons. The van der Waals surface area contributed by atoms with Gasteiger partial charge in [-0.25, -0.2) is 4.79 Å². The largest absolute Gasteiger partial charge is 0.493 e. The van der Waals surface area contributed by atoms with Crippen LogP contribution < -0.4 is 16.1 Å². The van der Waals surface area contributed by atoms with Gasteiger partial charge in [0.15, 0.2) is 0 Å². The Morgan fingerprint density at radius 1 is 1.03 bits per heavy atom. The van der Waals surface area contributed by atoms with Crippen molar-refractivity contribution in [1.82, 2.24) is 15.3 Å². The van der Waals surface area contributed by atoms with Gasteiger partial charge in [-0.2, -0.15) is 4.68 Å². The van der Waals surface area contributed by atoms with E-state index in [9.17, 15) is 29.4 Å². The first-order valence-electron chi connectivity index (χ1n) is 11.1. The van der Waals surface area contributed by atoms with E-state index in [1.54, 1.807) is 0 Å². The normalized spacial score (nSPS) is 23.6. The lowest BCUT2D eigenvalue weighted by Crippen LogP contribution is -2.55. The second kappa shape index (κ2) is 10.8. The maximum absolute atomic E-state index is 13.3. The van der Waals surface area contributed by atoms with Crippen molar-refractivity contribution in [3.63, 3.8) is 0 Å². The number of carbonyl (C=O) groups excluding carboxylic acids is 3. The van der Waals surface area contributed by atoms with Gasteiger partial charge in [0.2, 0.25) is 11.8 Å². The van der Waals surface area contributed by atoms with E-state index in [-0.39, 0.29) is 36.0 Å². The number of hydrogen-bond acceptors (Lipinski definition) is 7. The third kappa shape index (κ3) is 5.92. The van der Waals surface area contributed by atoms with Crippen LogP contribution in [-0.2, 0) is 14.4 Å². The fourth-order valence-electron chi connectivity index (χ4n) is 4.33. The predicted molar refractivity (Wildman–Crippen MR) is 121 cm³/mol. The Balaban J connectivity index is 1.54. The van der Waals surface area contributed by atoms with Crippen molar-refractivity contribution in [1.29, 1.82) is 0 Å². The summed E-state index contributed by atoms with van der Waals surface area (Å²) in [7, 11) is 0. The highest BCUT2D eigenvalue weighted by Gasteiger charge is 2.57.